The maximum Gasteiger partial charge on any atom is 0.328 e. The Labute approximate surface area is 121 Å². The molecule has 0 radical (unpaired) electrons. The summed E-state index contributed by atoms with van der Waals surface area (Å²) in [5.74, 6) is 0. The first kappa shape index (κ1) is 13.8. The van der Waals surface area contributed by atoms with Crippen LogP contribution in [0.15, 0.2) is 0 Å². The highest BCUT2D eigenvalue weighted by molar-refractivity contribution is 6.31. The molecular formula is C12H17ClN4O3. The highest BCUT2D eigenvalue weighted by Crippen LogP contribution is 2.40. The second-order valence-corrected chi connectivity index (χ2v) is 5.71. The van der Waals surface area contributed by atoms with Gasteiger partial charge in [0.1, 0.15) is 5.69 Å². The monoisotopic (exact) mass is 300 g/mol. The molecule has 2 heterocycles. The first-order chi connectivity index (χ1) is 9.58. The van der Waals surface area contributed by atoms with E-state index < -0.39 is 4.92 Å². The summed E-state index contributed by atoms with van der Waals surface area (Å²) in [5, 5.41) is 15.3. The Morgan fingerprint density at radius 1 is 1.35 bits per heavy atom. The molecule has 0 N–H and O–H groups in total. The molecule has 0 atom stereocenters. The van der Waals surface area contributed by atoms with Crippen molar-refractivity contribution in [3.8, 4) is 0 Å². The summed E-state index contributed by atoms with van der Waals surface area (Å²) in [6, 6.07) is 0.686. The summed E-state index contributed by atoms with van der Waals surface area (Å²) in [5.41, 5.74) is 0.316. The van der Waals surface area contributed by atoms with Crippen molar-refractivity contribution in [2.45, 2.75) is 31.8 Å². The van der Waals surface area contributed by atoms with Gasteiger partial charge < -0.3 is 4.74 Å². The number of hydrogen-bond acceptors (Lipinski definition) is 5. The fraction of sp³-hybridized carbons (Fsp3) is 0.750. The number of nitro groups is 1. The van der Waals surface area contributed by atoms with E-state index in [0.717, 1.165) is 39.1 Å². The van der Waals surface area contributed by atoms with Crippen LogP contribution in [0.25, 0.3) is 0 Å². The summed E-state index contributed by atoms with van der Waals surface area (Å²) in [6.45, 7) is 5.12. The molecule has 0 spiro atoms. The number of nitrogens with zero attached hydrogens (tertiary/aromatic N) is 4. The Bertz CT molecular complexity index is 521. The molecule has 0 bridgehead atoms. The third-order valence-corrected chi connectivity index (χ3v) is 4.53. The first-order valence-corrected chi connectivity index (χ1v) is 7.16. The number of aromatic nitrogens is 2. The van der Waals surface area contributed by atoms with Crippen molar-refractivity contribution in [1.29, 1.82) is 0 Å². The number of halogens is 1. The van der Waals surface area contributed by atoms with E-state index in [1.807, 2.05) is 0 Å². The van der Waals surface area contributed by atoms with E-state index in [4.69, 9.17) is 16.3 Å². The molecule has 2 fully saturated rings. The third kappa shape index (κ3) is 2.30. The standard InChI is InChI=1S/C12H17ClN4O3/c1-8-11(17(18)19)12(13)16(14-8)10-6-9(7-10)15-2-4-20-5-3-15/h9-10H,2-7H2,1H3. The van der Waals surface area contributed by atoms with Crippen LogP contribution in [0.3, 0.4) is 0 Å². The number of ether oxygens (including phenoxy) is 1. The zero-order valence-electron chi connectivity index (χ0n) is 11.3. The molecule has 20 heavy (non-hydrogen) atoms. The van der Waals surface area contributed by atoms with Crippen LogP contribution < -0.4 is 0 Å². The van der Waals surface area contributed by atoms with Gasteiger partial charge in [-0.25, -0.2) is 4.68 Å². The van der Waals surface area contributed by atoms with Crippen LogP contribution in [-0.4, -0.2) is 51.9 Å². The number of hydrogen-bond donors (Lipinski definition) is 0. The fourth-order valence-electron chi connectivity index (χ4n) is 2.96. The van der Waals surface area contributed by atoms with Crippen molar-refractivity contribution in [1.82, 2.24) is 14.7 Å². The lowest BCUT2D eigenvalue weighted by atomic mass is 9.85. The Morgan fingerprint density at radius 2 is 2.00 bits per heavy atom. The molecule has 1 saturated heterocycles. The van der Waals surface area contributed by atoms with Crippen LogP contribution >= 0.6 is 11.6 Å². The van der Waals surface area contributed by atoms with E-state index in [0.29, 0.717) is 11.7 Å². The van der Waals surface area contributed by atoms with Crippen LogP contribution in [0.2, 0.25) is 5.15 Å². The summed E-state index contributed by atoms with van der Waals surface area (Å²) in [6.07, 6.45) is 1.88. The average Bonchev–Trinajstić information content (AvgIpc) is 2.64. The zero-order valence-corrected chi connectivity index (χ0v) is 12.0. The Morgan fingerprint density at radius 3 is 2.55 bits per heavy atom. The smallest absolute Gasteiger partial charge is 0.328 e. The van der Waals surface area contributed by atoms with Crippen molar-refractivity contribution < 1.29 is 9.66 Å². The van der Waals surface area contributed by atoms with Crippen LogP contribution in [-0.2, 0) is 4.74 Å². The van der Waals surface area contributed by atoms with Gasteiger partial charge in [0.05, 0.1) is 24.2 Å². The summed E-state index contributed by atoms with van der Waals surface area (Å²) < 4.78 is 6.96. The quantitative estimate of drug-likeness (QED) is 0.628. The van der Waals surface area contributed by atoms with Gasteiger partial charge in [-0.3, -0.25) is 15.0 Å². The second-order valence-electron chi connectivity index (χ2n) is 5.35. The number of morpholine rings is 1. The predicted molar refractivity (Wildman–Crippen MR) is 73.1 cm³/mol. The van der Waals surface area contributed by atoms with Crippen molar-refractivity contribution in [3.05, 3.63) is 21.0 Å². The first-order valence-electron chi connectivity index (χ1n) is 6.78. The maximum absolute atomic E-state index is 10.9. The Kier molecular flexibility index (Phi) is 3.66. The Hall–Kier alpha value is -1.18. The van der Waals surface area contributed by atoms with E-state index in [1.54, 1.807) is 11.6 Å². The minimum absolute atomic E-state index is 0.0681. The molecule has 1 aromatic heterocycles. The maximum atomic E-state index is 10.9. The topological polar surface area (TPSA) is 73.4 Å². The molecule has 1 saturated carbocycles. The predicted octanol–water partition coefficient (Wildman–Crippen LogP) is 1.79. The van der Waals surface area contributed by atoms with Gasteiger partial charge in [-0.1, -0.05) is 11.6 Å². The van der Waals surface area contributed by atoms with Crippen molar-refractivity contribution in [3.63, 3.8) is 0 Å². The van der Waals surface area contributed by atoms with E-state index in [-0.39, 0.29) is 16.9 Å². The third-order valence-electron chi connectivity index (χ3n) is 4.18. The molecule has 0 unspecified atom stereocenters. The van der Waals surface area contributed by atoms with Gasteiger partial charge in [0.15, 0.2) is 0 Å². The van der Waals surface area contributed by atoms with E-state index in [1.165, 1.54) is 0 Å². The molecule has 1 aromatic rings. The summed E-state index contributed by atoms with van der Waals surface area (Å²) in [4.78, 5) is 12.9. The summed E-state index contributed by atoms with van der Waals surface area (Å²) >= 11 is 6.09. The van der Waals surface area contributed by atoms with Gasteiger partial charge in [0.2, 0.25) is 5.15 Å². The molecule has 7 nitrogen and oxygen atoms in total. The molecule has 1 aliphatic carbocycles. The minimum Gasteiger partial charge on any atom is -0.379 e. The van der Waals surface area contributed by atoms with Crippen LogP contribution in [0.4, 0.5) is 5.69 Å². The van der Waals surface area contributed by atoms with Gasteiger partial charge in [-0.2, -0.15) is 5.10 Å². The second kappa shape index (κ2) is 5.31. The van der Waals surface area contributed by atoms with Gasteiger partial charge in [-0.15, -0.1) is 0 Å². The van der Waals surface area contributed by atoms with Crippen molar-refractivity contribution in [2.24, 2.45) is 0 Å². The highest BCUT2D eigenvalue weighted by atomic mass is 35.5. The van der Waals surface area contributed by atoms with Crippen molar-refractivity contribution >= 4 is 17.3 Å². The van der Waals surface area contributed by atoms with Crippen molar-refractivity contribution in [2.75, 3.05) is 26.3 Å². The fourth-order valence-corrected chi connectivity index (χ4v) is 3.34. The largest absolute Gasteiger partial charge is 0.379 e. The average molecular weight is 301 g/mol. The molecule has 8 heteroatoms. The number of aryl methyl sites for hydroxylation is 1. The number of rotatable bonds is 3. The SMILES string of the molecule is Cc1nn(C2CC(N3CCOCC3)C2)c(Cl)c1[N+](=O)[O-]. The van der Waals surface area contributed by atoms with Gasteiger partial charge in [0, 0.05) is 19.1 Å². The molecule has 1 aliphatic heterocycles. The van der Waals surface area contributed by atoms with Crippen LogP contribution in [0.1, 0.15) is 24.6 Å². The normalized spacial score (nSPS) is 27.3. The van der Waals surface area contributed by atoms with Crippen LogP contribution in [0, 0.1) is 17.0 Å². The molecular weight excluding hydrogens is 284 g/mol. The lowest BCUT2D eigenvalue weighted by molar-refractivity contribution is -0.385. The lowest BCUT2D eigenvalue weighted by Crippen LogP contribution is -2.50. The van der Waals surface area contributed by atoms with Gasteiger partial charge in [0.25, 0.3) is 0 Å². The molecule has 2 aliphatic rings. The van der Waals surface area contributed by atoms with E-state index >= 15 is 0 Å². The highest BCUT2D eigenvalue weighted by Gasteiger charge is 2.38. The molecule has 110 valence electrons. The van der Waals surface area contributed by atoms with E-state index in [9.17, 15) is 10.1 Å². The molecule has 0 amide bonds. The van der Waals surface area contributed by atoms with E-state index in [2.05, 4.69) is 10.00 Å². The molecule has 0 aromatic carbocycles. The molecule has 3 rings (SSSR count). The lowest BCUT2D eigenvalue weighted by Gasteiger charge is -2.44. The Balaban J connectivity index is 1.68. The van der Waals surface area contributed by atoms with Gasteiger partial charge >= 0.3 is 5.69 Å². The summed E-state index contributed by atoms with van der Waals surface area (Å²) in [7, 11) is 0. The van der Waals surface area contributed by atoms with Gasteiger partial charge in [-0.05, 0) is 19.8 Å². The van der Waals surface area contributed by atoms with Crippen LogP contribution in [0.5, 0.6) is 0 Å². The zero-order chi connectivity index (χ0) is 14.3. The minimum atomic E-state index is -0.459.